The summed E-state index contributed by atoms with van der Waals surface area (Å²) in [5.41, 5.74) is 3.26. The average Bonchev–Trinajstić information content (AvgIpc) is 2.47. The Balaban J connectivity index is 2.25. The fourth-order valence-corrected chi connectivity index (χ4v) is 4.19. The lowest BCUT2D eigenvalue weighted by Crippen LogP contribution is -2.47. The molecule has 0 radical (unpaired) electrons. The molecule has 1 heteroatoms. The minimum Gasteiger partial charge on any atom is -0.317 e. The number of nitrogens with one attached hydrogen (secondary N) is 1. The van der Waals surface area contributed by atoms with Crippen LogP contribution in [0.1, 0.15) is 64.5 Å². The van der Waals surface area contributed by atoms with Gasteiger partial charge < -0.3 is 5.32 Å². The highest BCUT2D eigenvalue weighted by atomic mass is 14.9. The molecular formula is C20H33N. The van der Waals surface area contributed by atoms with E-state index in [1.807, 2.05) is 0 Å². The van der Waals surface area contributed by atoms with Crippen molar-refractivity contribution in [2.75, 3.05) is 7.05 Å². The van der Waals surface area contributed by atoms with Crippen LogP contribution in [0.4, 0.5) is 0 Å². The molecule has 0 bridgehead atoms. The molecule has 1 N–H and O–H groups in total. The van der Waals surface area contributed by atoms with Crippen molar-refractivity contribution in [3.05, 3.63) is 35.4 Å². The molecule has 21 heavy (non-hydrogen) atoms. The molecule has 1 nitrogen and oxygen atoms in total. The number of aryl methyl sites for hydroxylation is 1. The summed E-state index contributed by atoms with van der Waals surface area (Å²) in [6, 6.07) is 9.97. The molecule has 3 unspecified atom stereocenters. The highest BCUT2D eigenvalue weighted by Gasteiger charge is 2.39. The Morgan fingerprint density at radius 1 is 1.24 bits per heavy atom. The molecule has 0 spiro atoms. The first-order valence-corrected chi connectivity index (χ1v) is 8.75. The minimum atomic E-state index is 0.248. The first-order chi connectivity index (χ1) is 9.98. The van der Waals surface area contributed by atoms with Crippen LogP contribution < -0.4 is 5.32 Å². The van der Waals surface area contributed by atoms with E-state index >= 15 is 0 Å². The van der Waals surface area contributed by atoms with Crippen molar-refractivity contribution in [3.8, 4) is 0 Å². The van der Waals surface area contributed by atoms with Crippen LogP contribution in [0.2, 0.25) is 0 Å². The molecule has 1 aliphatic carbocycles. The minimum absolute atomic E-state index is 0.248. The number of hydrogen-bond donors (Lipinski definition) is 1. The summed E-state index contributed by atoms with van der Waals surface area (Å²) in [7, 11) is 2.14. The van der Waals surface area contributed by atoms with Crippen LogP contribution in [0.5, 0.6) is 0 Å². The van der Waals surface area contributed by atoms with Crippen molar-refractivity contribution in [1.82, 2.24) is 5.32 Å². The van der Waals surface area contributed by atoms with Gasteiger partial charge in [-0.25, -0.2) is 0 Å². The maximum Gasteiger partial charge on any atom is 0.0103 e. The summed E-state index contributed by atoms with van der Waals surface area (Å²) in [4.78, 5) is 0. The van der Waals surface area contributed by atoms with Gasteiger partial charge in [0.15, 0.2) is 0 Å². The topological polar surface area (TPSA) is 12.0 Å². The standard InChI is InChI=1S/C20H33N/c1-6-8-16-9-7-10-17(14-16)20(3,4)18-12-11-15(2)13-19(18)21-5/h7,9-10,14-15,18-19,21H,6,8,11-13H2,1-5H3. The van der Waals surface area contributed by atoms with E-state index in [9.17, 15) is 0 Å². The van der Waals surface area contributed by atoms with Crippen LogP contribution in [-0.2, 0) is 11.8 Å². The van der Waals surface area contributed by atoms with Crippen molar-refractivity contribution in [2.24, 2.45) is 11.8 Å². The summed E-state index contributed by atoms with van der Waals surface area (Å²) >= 11 is 0. The molecule has 118 valence electrons. The molecule has 0 saturated heterocycles. The maximum absolute atomic E-state index is 3.60. The Hall–Kier alpha value is -0.820. The van der Waals surface area contributed by atoms with E-state index in [1.165, 1.54) is 43.2 Å². The van der Waals surface area contributed by atoms with Gasteiger partial charge in [-0.3, -0.25) is 0 Å². The molecule has 0 amide bonds. The molecular weight excluding hydrogens is 254 g/mol. The van der Waals surface area contributed by atoms with E-state index < -0.39 is 0 Å². The van der Waals surface area contributed by atoms with E-state index in [2.05, 4.69) is 64.3 Å². The van der Waals surface area contributed by atoms with Gasteiger partial charge in [0, 0.05) is 6.04 Å². The fraction of sp³-hybridized carbons (Fsp3) is 0.700. The first-order valence-electron chi connectivity index (χ1n) is 8.75. The highest BCUT2D eigenvalue weighted by Crippen LogP contribution is 2.42. The third-order valence-corrected chi connectivity index (χ3v) is 5.62. The van der Waals surface area contributed by atoms with Crippen molar-refractivity contribution < 1.29 is 0 Å². The molecule has 1 aromatic carbocycles. The molecule has 1 aliphatic rings. The second-order valence-electron chi connectivity index (χ2n) is 7.59. The van der Waals surface area contributed by atoms with Gasteiger partial charge in [0.25, 0.3) is 0 Å². The summed E-state index contributed by atoms with van der Waals surface area (Å²) in [6.45, 7) is 9.55. The summed E-state index contributed by atoms with van der Waals surface area (Å²) in [5, 5.41) is 3.60. The lowest BCUT2D eigenvalue weighted by molar-refractivity contribution is 0.151. The Labute approximate surface area is 131 Å². The quantitative estimate of drug-likeness (QED) is 0.808. The van der Waals surface area contributed by atoms with Crippen LogP contribution in [0, 0.1) is 11.8 Å². The van der Waals surface area contributed by atoms with Gasteiger partial charge >= 0.3 is 0 Å². The van der Waals surface area contributed by atoms with Crippen LogP contribution in [0.25, 0.3) is 0 Å². The van der Waals surface area contributed by atoms with Crippen LogP contribution in [0.3, 0.4) is 0 Å². The highest BCUT2D eigenvalue weighted by molar-refractivity contribution is 5.30. The predicted molar refractivity (Wildman–Crippen MR) is 92.8 cm³/mol. The molecule has 0 aliphatic heterocycles. The third-order valence-electron chi connectivity index (χ3n) is 5.62. The molecule has 1 saturated carbocycles. The molecule has 3 atom stereocenters. The zero-order chi connectivity index (χ0) is 15.5. The monoisotopic (exact) mass is 287 g/mol. The van der Waals surface area contributed by atoms with Crippen LogP contribution in [0.15, 0.2) is 24.3 Å². The zero-order valence-corrected chi connectivity index (χ0v) is 14.6. The van der Waals surface area contributed by atoms with E-state index in [0.717, 1.165) is 11.8 Å². The Morgan fingerprint density at radius 2 is 2.00 bits per heavy atom. The molecule has 0 aromatic heterocycles. The Kier molecular flexibility index (Phi) is 5.48. The average molecular weight is 287 g/mol. The Morgan fingerprint density at radius 3 is 2.67 bits per heavy atom. The van der Waals surface area contributed by atoms with Gasteiger partial charge in [-0.2, -0.15) is 0 Å². The fourth-order valence-electron chi connectivity index (χ4n) is 4.19. The van der Waals surface area contributed by atoms with Gasteiger partial charge in [0.2, 0.25) is 0 Å². The number of hydrogen-bond acceptors (Lipinski definition) is 1. The summed E-state index contributed by atoms with van der Waals surface area (Å²) in [5.74, 6) is 1.59. The second-order valence-corrected chi connectivity index (χ2v) is 7.59. The van der Waals surface area contributed by atoms with E-state index in [0.29, 0.717) is 6.04 Å². The molecule has 0 heterocycles. The van der Waals surface area contributed by atoms with E-state index in [4.69, 9.17) is 0 Å². The SMILES string of the molecule is CCCc1cccc(C(C)(C)C2CCC(C)CC2NC)c1. The van der Waals surface area contributed by atoms with Gasteiger partial charge in [0.1, 0.15) is 0 Å². The number of benzene rings is 1. The van der Waals surface area contributed by atoms with Crippen molar-refractivity contribution >= 4 is 0 Å². The smallest absolute Gasteiger partial charge is 0.0103 e. The number of rotatable bonds is 5. The first kappa shape index (κ1) is 16.5. The summed E-state index contributed by atoms with van der Waals surface area (Å²) < 4.78 is 0. The van der Waals surface area contributed by atoms with Crippen LogP contribution >= 0.6 is 0 Å². The van der Waals surface area contributed by atoms with E-state index in [1.54, 1.807) is 0 Å². The Bertz CT molecular complexity index is 449. The molecule has 1 fully saturated rings. The zero-order valence-electron chi connectivity index (χ0n) is 14.6. The largest absolute Gasteiger partial charge is 0.317 e. The van der Waals surface area contributed by atoms with Crippen molar-refractivity contribution in [2.45, 2.75) is 71.3 Å². The summed E-state index contributed by atoms with van der Waals surface area (Å²) in [6.07, 6.45) is 6.46. The van der Waals surface area contributed by atoms with Crippen molar-refractivity contribution in [1.29, 1.82) is 0 Å². The molecule has 2 rings (SSSR count). The normalized spacial score (nSPS) is 26.8. The second kappa shape index (κ2) is 6.96. The lowest BCUT2D eigenvalue weighted by Gasteiger charge is -2.44. The molecule has 1 aromatic rings. The van der Waals surface area contributed by atoms with Gasteiger partial charge in [0.05, 0.1) is 0 Å². The van der Waals surface area contributed by atoms with E-state index in [-0.39, 0.29) is 5.41 Å². The predicted octanol–water partition coefficient (Wildman–Crippen LogP) is 4.94. The van der Waals surface area contributed by atoms with Gasteiger partial charge in [-0.05, 0) is 54.7 Å². The van der Waals surface area contributed by atoms with Crippen LogP contribution in [-0.4, -0.2) is 13.1 Å². The van der Waals surface area contributed by atoms with Gasteiger partial charge in [-0.15, -0.1) is 0 Å². The maximum atomic E-state index is 3.60. The van der Waals surface area contributed by atoms with Gasteiger partial charge in [-0.1, -0.05) is 64.8 Å². The lowest BCUT2D eigenvalue weighted by atomic mass is 9.63. The van der Waals surface area contributed by atoms with Crippen molar-refractivity contribution in [3.63, 3.8) is 0 Å². The third kappa shape index (κ3) is 3.69.